The van der Waals surface area contributed by atoms with Crippen molar-refractivity contribution in [3.05, 3.63) is 87.1 Å². The van der Waals surface area contributed by atoms with Crippen LogP contribution in [-0.4, -0.2) is 14.7 Å². The highest BCUT2D eigenvalue weighted by Gasteiger charge is 2.29. The predicted molar refractivity (Wildman–Crippen MR) is 112 cm³/mol. The van der Waals surface area contributed by atoms with Crippen LogP contribution in [0.4, 0.5) is 11.4 Å². The van der Waals surface area contributed by atoms with E-state index in [1.54, 1.807) is 19.1 Å². The average Bonchev–Trinajstić information content (AvgIpc) is 2.63. The van der Waals surface area contributed by atoms with Crippen molar-refractivity contribution in [2.24, 2.45) is 0 Å². The van der Waals surface area contributed by atoms with Crippen LogP contribution in [0.1, 0.15) is 16.7 Å². The van der Waals surface area contributed by atoms with Gasteiger partial charge in [0, 0.05) is 23.0 Å². The number of nitrogens with one attached hydrogen (secondary N) is 2. The van der Waals surface area contributed by atoms with Crippen molar-refractivity contribution in [1.29, 1.82) is 0 Å². The summed E-state index contributed by atoms with van der Waals surface area (Å²) >= 11 is 0. The minimum atomic E-state index is -3.70. The van der Waals surface area contributed by atoms with Gasteiger partial charge in [0.25, 0.3) is 0 Å². The first-order chi connectivity index (χ1) is 13.2. The zero-order valence-corrected chi connectivity index (χ0v) is 16.3. The molecule has 0 aliphatic carbocycles. The molecule has 5 nitrogen and oxygen atoms in total. The first kappa shape index (κ1) is 18.1. The van der Waals surface area contributed by atoms with Gasteiger partial charge in [-0.3, -0.25) is 0 Å². The number of hydrogen-bond acceptors (Lipinski definition) is 3. The Morgan fingerprint density at radius 2 is 1.50 bits per heavy atom. The van der Waals surface area contributed by atoms with Gasteiger partial charge in [-0.1, -0.05) is 55.1 Å². The fourth-order valence-electron chi connectivity index (χ4n) is 3.55. The number of benzene rings is 3. The fraction of sp³-hybridized carbons (Fsp3) is 0.0909. The van der Waals surface area contributed by atoms with Crippen molar-refractivity contribution in [1.82, 2.24) is 0 Å². The molecule has 28 heavy (non-hydrogen) atoms. The molecule has 0 saturated carbocycles. The Morgan fingerprint density at radius 1 is 0.893 bits per heavy atom. The first-order valence-corrected chi connectivity index (χ1v) is 10.5. The van der Waals surface area contributed by atoms with Crippen LogP contribution in [0.5, 0.6) is 11.5 Å². The van der Waals surface area contributed by atoms with Gasteiger partial charge in [-0.15, -0.1) is 11.4 Å². The summed E-state index contributed by atoms with van der Waals surface area (Å²) in [6, 6.07) is 14.3. The van der Waals surface area contributed by atoms with Gasteiger partial charge < -0.3 is 16.2 Å². The second-order valence-electron chi connectivity index (χ2n) is 6.84. The maximum Gasteiger partial charge on any atom is 0.177 e. The lowest BCUT2D eigenvalue weighted by atomic mass is 9.89. The van der Waals surface area contributed by atoms with Gasteiger partial charge in [-0.2, -0.15) is 0 Å². The minimum absolute atomic E-state index is 0.119. The molecule has 1 aliphatic rings. The Balaban J connectivity index is 2.27. The van der Waals surface area contributed by atoms with E-state index in [2.05, 4.69) is 6.58 Å². The molecular weight excluding hydrogens is 372 g/mol. The van der Waals surface area contributed by atoms with Crippen LogP contribution >= 0.6 is 0 Å². The molecular formula is C22H18N2O3S-2. The fourth-order valence-corrected chi connectivity index (χ4v) is 4.51. The Bertz CT molecular complexity index is 1360. The normalized spacial score (nSPS) is 14.8. The average molecular weight is 390 g/mol. The van der Waals surface area contributed by atoms with Crippen molar-refractivity contribution >= 4 is 33.4 Å². The van der Waals surface area contributed by atoms with Crippen LogP contribution < -0.4 is 15.2 Å². The molecule has 0 fully saturated rings. The van der Waals surface area contributed by atoms with Gasteiger partial charge in [0.1, 0.15) is 5.75 Å². The second kappa shape index (κ2) is 6.14. The highest BCUT2D eigenvalue weighted by molar-refractivity contribution is 7.91. The summed E-state index contributed by atoms with van der Waals surface area (Å²) in [4.78, 5) is -0.149. The van der Waals surface area contributed by atoms with E-state index in [9.17, 15) is 8.42 Å². The summed E-state index contributed by atoms with van der Waals surface area (Å²) in [6.07, 6.45) is 1.07. The van der Waals surface area contributed by atoms with E-state index >= 15 is 0 Å². The number of sulfone groups is 1. The van der Waals surface area contributed by atoms with E-state index in [4.69, 9.17) is 16.2 Å². The standard InChI is InChI=1S/C22H18N2O3S/c1-12-6-4-5-7-14(12)19-15-8-10-17(23)13(2)20(15)27-21-16(19)9-11-18(24)22(21)28(3,25)26/h4-11,23-24H,1H2,2-3H3/q-2. The predicted octanol–water partition coefficient (Wildman–Crippen LogP) is 4.53. The molecule has 2 N–H and O–H groups in total. The molecule has 1 aliphatic heterocycles. The summed E-state index contributed by atoms with van der Waals surface area (Å²) < 4.78 is 30.9. The summed E-state index contributed by atoms with van der Waals surface area (Å²) in [6.45, 7) is 5.88. The van der Waals surface area contributed by atoms with E-state index in [0.29, 0.717) is 22.6 Å². The third-order valence-electron chi connectivity index (χ3n) is 4.92. The Labute approximate surface area is 163 Å². The molecule has 0 radical (unpaired) electrons. The summed E-state index contributed by atoms with van der Waals surface area (Å²) in [5.74, 6) is 0.572. The van der Waals surface area contributed by atoms with Crippen LogP contribution in [0.3, 0.4) is 0 Å². The van der Waals surface area contributed by atoms with Gasteiger partial charge in [0.2, 0.25) is 0 Å². The molecule has 6 heteroatoms. The largest absolute Gasteiger partial charge is 0.698 e. The molecule has 0 atom stereocenters. The van der Waals surface area contributed by atoms with Crippen LogP contribution in [-0.2, 0) is 9.84 Å². The first-order valence-electron chi connectivity index (χ1n) is 8.61. The van der Waals surface area contributed by atoms with Gasteiger partial charge in [0.15, 0.2) is 15.6 Å². The monoisotopic (exact) mass is 390 g/mol. The lowest BCUT2D eigenvalue weighted by Gasteiger charge is -2.29. The molecule has 3 aromatic carbocycles. The molecule has 0 spiro atoms. The van der Waals surface area contributed by atoms with Crippen molar-refractivity contribution in [3.8, 4) is 11.5 Å². The topological polar surface area (TPSA) is 91.0 Å². The van der Waals surface area contributed by atoms with E-state index in [-0.39, 0.29) is 16.3 Å². The van der Waals surface area contributed by atoms with Crippen molar-refractivity contribution in [2.75, 3.05) is 6.26 Å². The van der Waals surface area contributed by atoms with E-state index in [1.165, 1.54) is 6.07 Å². The summed E-state index contributed by atoms with van der Waals surface area (Å²) in [5, 5.41) is 1.64. The highest BCUT2D eigenvalue weighted by atomic mass is 32.2. The number of rotatable bonds is 1. The van der Waals surface area contributed by atoms with Gasteiger partial charge in [-0.05, 0) is 22.9 Å². The SMILES string of the molecule is C=c1ccccc1=C1c2ccc([NH-])c(C)c2Oc2c1ccc([NH-])c2S(C)(=O)=O. The van der Waals surface area contributed by atoms with E-state index in [0.717, 1.165) is 27.8 Å². The molecule has 0 aromatic heterocycles. The molecule has 0 unspecified atom stereocenters. The quantitative estimate of drug-likeness (QED) is 0.478. The summed E-state index contributed by atoms with van der Waals surface area (Å²) in [7, 11) is -3.70. The highest BCUT2D eigenvalue weighted by Crippen LogP contribution is 2.50. The zero-order valence-electron chi connectivity index (χ0n) is 15.5. The van der Waals surface area contributed by atoms with Gasteiger partial charge in [-0.25, -0.2) is 8.42 Å². The smallest absolute Gasteiger partial charge is 0.177 e. The van der Waals surface area contributed by atoms with E-state index in [1.807, 2.05) is 30.3 Å². The number of fused-ring (bicyclic) bond motifs is 2. The Morgan fingerprint density at radius 3 is 2.14 bits per heavy atom. The van der Waals surface area contributed by atoms with Crippen LogP contribution in [0.2, 0.25) is 0 Å². The lowest BCUT2D eigenvalue weighted by Crippen LogP contribution is -2.27. The zero-order chi connectivity index (χ0) is 20.2. The Kier molecular flexibility index (Phi) is 3.97. The van der Waals surface area contributed by atoms with Crippen molar-refractivity contribution < 1.29 is 13.2 Å². The molecule has 0 saturated heterocycles. The molecule has 142 valence electrons. The maximum absolute atomic E-state index is 12.4. The lowest BCUT2D eigenvalue weighted by molar-refractivity contribution is 0.457. The van der Waals surface area contributed by atoms with Crippen LogP contribution in [0.15, 0.2) is 53.4 Å². The van der Waals surface area contributed by atoms with Crippen LogP contribution in [0.25, 0.3) is 23.6 Å². The third-order valence-corrected chi connectivity index (χ3v) is 6.07. The summed E-state index contributed by atoms with van der Waals surface area (Å²) in [5.41, 5.74) is 19.2. The molecule has 0 bridgehead atoms. The van der Waals surface area contributed by atoms with Gasteiger partial charge >= 0.3 is 0 Å². The second-order valence-corrected chi connectivity index (χ2v) is 8.79. The van der Waals surface area contributed by atoms with Crippen molar-refractivity contribution in [2.45, 2.75) is 11.8 Å². The van der Waals surface area contributed by atoms with Crippen LogP contribution in [0, 0.1) is 6.92 Å². The number of ether oxygens (including phenoxy) is 1. The minimum Gasteiger partial charge on any atom is -0.698 e. The number of hydrogen-bond donors (Lipinski definition) is 0. The third kappa shape index (κ3) is 2.65. The molecule has 1 heterocycles. The van der Waals surface area contributed by atoms with E-state index < -0.39 is 9.84 Å². The molecule has 0 amide bonds. The molecule has 4 rings (SSSR count). The van der Waals surface area contributed by atoms with Gasteiger partial charge in [0.05, 0.1) is 4.90 Å². The maximum atomic E-state index is 12.4. The van der Waals surface area contributed by atoms with Crippen molar-refractivity contribution in [3.63, 3.8) is 0 Å². The molecule has 3 aromatic rings. The Hall–Kier alpha value is -3.25.